The molecule has 2 heteroatoms. The summed E-state index contributed by atoms with van der Waals surface area (Å²) in [6.45, 7) is 1.77. The normalized spacial score (nSPS) is 27.1. The van der Waals surface area contributed by atoms with Crippen molar-refractivity contribution in [2.24, 2.45) is 0 Å². The zero-order valence-corrected chi connectivity index (χ0v) is 8.13. The summed E-state index contributed by atoms with van der Waals surface area (Å²) < 4.78 is 10.6. The highest BCUT2D eigenvalue weighted by Gasteiger charge is 2.21. The smallest absolute Gasteiger partial charge is 0.0898 e. The molecule has 0 aromatic rings. The zero-order valence-electron chi connectivity index (χ0n) is 8.13. The van der Waals surface area contributed by atoms with Gasteiger partial charge in [-0.1, -0.05) is 6.42 Å². The van der Waals surface area contributed by atoms with Gasteiger partial charge < -0.3 is 9.47 Å². The number of ether oxygens (including phenoxy) is 2. The molecule has 0 spiro atoms. The number of allylic oxidation sites excluding steroid dienone is 1. The average Bonchev–Trinajstić information content (AvgIpc) is 2.98. The molecule has 0 radical (unpaired) electrons. The standard InChI is InChI=1S/C11H18O2/c1-2-4-10(5-3-1)8-12-7-6-11-9-13-11/h8,11H,1-7,9H2. The van der Waals surface area contributed by atoms with Gasteiger partial charge in [0.15, 0.2) is 0 Å². The lowest BCUT2D eigenvalue weighted by atomic mass is 9.96. The van der Waals surface area contributed by atoms with Gasteiger partial charge in [-0.05, 0) is 31.3 Å². The number of rotatable bonds is 4. The molecular formula is C11H18O2. The van der Waals surface area contributed by atoms with Gasteiger partial charge >= 0.3 is 0 Å². The molecular weight excluding hydrogens is 164 g/mol. The van der Waals surface area contributed by atoms with Crippen molar-refractivity contribution in [2.45, 2.75) is 44.6 Å². The molecule has 1 aliphatic heterocycles. The molecule has 74 valence electrons. The summed E-state index contributed by atoms with van der Waals surface area (Å²) in [5.74, 6) is 0. The summed E-state index contributed by atoms with van der Waals surface area (Å²) in [4.78, 5) is 0. The van der Waals surface area contributed by atoms with Crippen LogP contribution < -0.4 is 0 Å². The van der Waals surface area contributed by atoms with Crippen molar-refractivity contribution in [1.82, 2.24) is 0 Å². The van der Waals surface area contributed by atoms with Crippen LogP contribution in [0.25, 0.3) is 0 Å². The lowest BCUT2D eigenvalue weighted by Crippen LogP contribution is -1.97. The first-order valence-electron chi connectivity index (χ1n) is 5.36. The summed E-state index contributed by atoms with van der Waals surface area (Å²) in [7, 11) is 0. The van der Waals surface area contributed by atoms with Crippen LogP contribution in [-0.2, 0) is 9.47 Å². The van der Waals surface area contributed by atoms with Crippen LogP contribution in [0, 0.1) is 0 Å². The Labute approximate surface area is 79.9 Å². The van der Waals surface area contributed by atoms with E-state index in [9.17, 15) is 0 Å². The summed E-state index contributed by atoms with van der Waals surface area (Å²) in [5, 5.41) is 0. The monoisotopic (exact) mass is 182 g/mol. The molecule has 1 saturated carbocycles. The predicted octanol–water partition coefficient (Wildman–Crippen LogP) is 2.64. The minimum absolute atomic E-state index is 0.504. The molecule has 1 heterocycles. The molecule has 0 bridgehead atoms. The van der Waals surface area contributed by atoms with Crippen molar-refractivity contribution in [3.63, 3.8) is 0 Å². The molecule has 1 aliphatic carbocycles. The van der Waals surface area contributed by atoms with Crippen LogP contribution >= 0.6 is 0 Å². The number of epoxide rings is 1. The Morgan fingerprint density at radius 2 is 2.08 bits per heavy atom. The van der Waals surface area contributed by atoms with E-state index in [0.29, 0.717) is 6.10 Å². The maximum Gasteiger partial charge on any atom is 0.0898 e. The molecule has 1 saturated heterocycles. The van der Waals surface area contributed by atoms with E-state index in [1.165, 1.54) is 37.7 Å². The highest BCUT2D eigenvalue weighted by Crippen LogP contribution is 2.22. The first-order valence-corrected chi connectivity index (χ1v) is 5.36. The fourth-order valence-electron chi connectivity index (χ4n) is 1.73. The number of hydrogen-bond acceptors (Lipinski definition) is 2. The predicted molar refractivity (Wildman–Crippen MR) is 51.5 cm³/mol. The van der Waals surface area contributed by atoms with Crippen LogP contribution in [0.5, 0.6) is 0 Å². The summed E-state index contributed by atoms with van der Waals surface area (Å²) >= 11 is 0. The molecule has 2 aliphatic rings. The Bertz CT molecular complexity index is 175. The fraction of sp³-hybridized carbons (Fsp3) is 0.818. The molecule has 0 aromatic carbocycles. The van der Waals surface area contributed by atoms with Gasteiger partial charge in [0.1, 0.15) is 0 Å². The van der Waals surface area contributed by atoms with Crippen LogP contribution in [0.1, 0.15) is 38.5 Å². The molecule has 1 unspecified atom stereocenters. The second-order valence-corrected chi connectivity index (χ2v) is 3.95. The molecule has 1 atom stereocenters. The Hall–Kier alpha value is -0.500. The Morgan fingerprint density at radius 1 is 1.31 bits per heavy atom. The third-order valence-corrected chi connectivity index (χ3v) is 2.71. The Morgan fingerprint density at radius 3 is 2.77 bits per heavy atom. The van der Waals surface area contributed by atoms with E-state index in [1.54, 1.807) is 0 Å². The lowest BCUT2D eigenvalue weighted by molar-refractivity contribution is 0.224. The largest absolute Gasteiger partial charge is 0.501 e. The third kappa shape index (κ3) is 3.39. The molecule has 2 rings (SSSR count). The van der Waals surface area contributed by atoms with Crippen molar-refractivity contribution in [3.8, 4) is 0 Å². The van der Waals surface area contributed by atoms with E-state index in [0.717, 1.165) is 19.6 Å². The highest BCUT2D eigenvalue weighted by atomic mass is 16.6. The van der Waals surface area contributed by atoms with Crippen molar-refractivity contribution in [1.29, 1.82) is 0 Å². The van der Waals surface area contributed by atoms with Gasteiger partial charge in [-0.15, -0.1) is 0 Å². The molecule has 0 amide bonds. The SMILES string of the molecule is C(OCCC1CO1)=C1CCCCC1. The van der Waals surface area contributed by atoms with Crippen molar-refractivity contribution in [3.05, 3.63) is 11.8 Å². The fourth-order valence-corrected chi connectivity index (χ4v) is 1.73. The molecule has 2 nitrogen and oxygen atoms in total. The minimum atomic E-state index is 0.504. The minimum Gasteiger partial charge on any atom is -0.501 e. The topological polar surface area (TPSA) is 21.8 Å². The average molecular weight is 182 g/mol. The van der Waals surface area contributed by atoms with Gasteiger partial charge in [0.2, 0.25) is 0 Å². The maximum atomic E-state index is 5.48. The van der Waals surface area contributed by atoms with Crippen LogP contribution in [0.15, 0.2) is 11.8 Å². The summed E-state index contributed by atoms with van der Waals surface area (Å²) in [6.07, 6.45) is 10.1. The first-order chi connectivity index (χ1) is 6.45. The molecule has 13 heavy (non-hydrogen) atoms. The van der Waals surface area contributed by atoms with Gasteiger partial charge in [-0.2, -0.15) is 0 Å². The van der Waals surface area contributed by atoms with Crippen LogP contribution in [0.2, 0.25) is 0 Å². The molecule has 0 N–H and O–H groups in total. The summed E-state index contributed by atoms with van der Waals surface area (Å²) in [6, 6.07) is 0. The van der Waals surface area contributed by atoms with Crippen LogP contribution in [-0.4, -0.2) is 19.3 Å². The molecule has 2 fully saturated rings. The van der Waals surface area contributed by atoms with E-state index in [1.807, 2.05) is 6.26 Å². The highest BCUT2D eigenvalue weighted by molar-refractivity contribution is 5.00. The second kappa shape index (κ2) is 4.66. The van der Waals surface area contributed by atoms with E-state index in [4.69, 9.17) is 9.47 Å². The van der Waals surface area contributed by atoms with Gasteiger partial charge in [0.05, 0.1) is 25.6 Å². The van der Waals surface area contributed by atoms with Gasteiger partial charge in [0, 0.05) is 6.42 Å². The Kier molecular flexibility index (Phi) is 3.25. The zero-order chi connectivity index (χ0) is 8.93. The van der Waals surface area contributed by atoms with E-state index in [-0.39, 0.29) is 0 Å². The van der Waals surface area contributed by atoms with Crippen LogP contribution in [0.3, 0.4) is 0 Å². The second-order valence-electron chi connectivity index (χ2n) is 3.95. The quantitative estimate of drug-likeness (QED) is 0.379. The van der Waals surface area contributed by atoms with Gasteiger partial charge in [-0.25, -0.2) is 0 Å². The van der Waals surface area contributed by atoms with Crippen molar-refractivity contribution < 1.29 is 9.47 Å². The van der Waals surface area contributed by atoms with E-state index >= 15 is 0 Å². The maximum absolute atomic E-state index is 5.48. The van der Waals surface area contributed by atoms with E-state index < -0.39 is 0 Å². The lowest BCUT2D eigenvalue weighted by Gasteiger charge is -2.13. The molecule has 0 aromatic heterocycles. The number of hydrogen-bond donors (Lipinski definition) is 0. The first kappa shape index (κ1) is 9.07. The van der Waals surface area contributed by atoms with Crippen molar-refractivity contribution >= 4 is 0 Å². The van der Waals surface area contributed by atoms with Gasteiger partial charge in [0.25, 0.3) is 0 Å². The Balaban J connectivity index is 1.57. The van der Waals surface area contributed by atoms with Crippen molar-refractivity contribution in [2.75, 3.05) is 13.2 Å². The van der Waals surface area contributed by atoms with Crippen LogP contribution in [0.4, 0.5) is 0 Å². The van der Waals surface area contributed by atoms with Gasteiger partial charge in [-0.3, -0.25) is 0 Å². The summed E-state index contributed by atoms with van der Waals surface area (Å²) in [5.41, 5.74) is 1.50. The third-order valence-electron chi connectivity index (χ3n) is 2.71. The van der Waals surface area contributed by atoms with E-state index in [2.05, 4.69) is 0 Å².